The molecule has 0 aliphatic heterocycles. The van der Waals surface area contributed by atoms with E-state index < -0.39 is 0 Å². The second-order valence-electron chi connectivity index (χ2n) is 6.23. The molecule has 0 saturated heterocycles. The predicted octanol–water partition coefficient (Wildman–Crippen LogP) is 2.59. The number of fused-ring (bicyclic) bond motifs is 1. The first-order valence-corrected chi connectivity index (χ1v) is 8.35. The summed E-state index contributed by atoms with van der Waals surface area (Å²) in [5, 5.41) is 6.72. The molecule has 122 valence electrons. The van der Waals surface area contributed by atoms with Gasteiger partial charge in [0.25, 0.3) is 5.91 Å². The lowest BCUT2D eigenvalue weighted by Gasteiger charge is -2.10. The van der Waals surface area contributed by atoms with Crippen LogP contribution in [0.15, 0.2) is 30.3 Å². The molecule has 3 rings (SSSR count). The second kappa shape index (κ2) is 7.31. The highest BCUT2D eigenvalue weighted by Gasteiger charge is 2.18. The molecule has 1 fully saturated rings. The highest BCUT2D eigenvalue weighted by molar-refractivity contribution is 5.97. The first-order chi connectivity index (χ1) is 11.2. The number of para-hydroxylation sites is 1. The third kappa shape index (κ3) is 4.12. The minimum atomic E-state index is -0.147. The zero-order valence-corrected chi connectivity index (χ0v) is 13.2. The van der Waals surface area contributed by atoms with Crippen LogP contribution in [0, 0.1) is 5.92 Å². The molecule has 1 aromatic heterocycles. The number of carbonyl (C=O) groups is 2. The fourth-order valence-electron chi connectivity index (χ4n) is 3.22. The van der Waals surface area contributed by atoms with Crippen molar-refractivity contribution >= 4 is 22.7 Å². The van der Waals surface area contributed by atoms with Gasteiger partial charge in [0, 0.05) is 30.4 Å². The minimum absolute atomic E-state index is 0.0942. The SMILES string of the molecule is O=C(CC1CCCC1)NCCNC(=O)c1cc2ccccc2[nH]1. The molecule has 1 aliphatic rings. The summed E-state index contributed by atoms with van der Waals surface area (Å²) in [7, 11) is 0. The lowest BCUT2D eigenvalue weighted by atomic mass is 10.0. The number of hydrogen-bond donors (Lipinski definition) is 3. The quantitative estimate of drug-likeness (QED) is 0.717. The van der Waals surface area contributed by atoms with Gasteiger partial charge in [0.2, 0.25) is 5.91 Å². The van der Waals surface area contributed by atoms with E-state index in [-0.39, 0.29) is 11.8 Å². The average molecular weight is 313 g/mol. The predicted molar refractivity (Wildman–Crippen MR) is 90.2 cm³/mol. The van der Waals surface area contributed by atoms with Gasteiger partial charge < -0.3 is 15.6 Å². The smallest absolute Gasteiger partial charge is 0.267 e. The number of benzene rings is 1. The van der Waals surface area contributed by atoms with E-state index in [0.717, 1.165) is 10.9 Å². The Morgan fingerprint density at radius 3 is 2.61 bits per heavy atom. The average Bonchev–Trinajstić information content (AvgIpc) is 3.20. The number of H-pyrrole nitrogens is 1. The van der Waals surface area contributed by atoms with Gasteiger partial charge in [-0.25, -0.2) is 0 Å². The van der Waals surface area contributed by atoms with Crippen molar-refractivity contribution < 1.29 is 9.59 Å². The molecule has 5 nitrogen and oxygen atoms in total. The van der Waals surface area contributed by atoms with E-state index in [1.165, 1.54) is 25.7 Å². The van der Waals surface area contributed by atoms with Crippen LogP contribution in [-0.4, -0.2) is 29.9 Å². The molecule has 1 saturated carbocycles. The van der Waals surface area contributed by atoms with Crippen molar-refractivity contribution in [2.24, 2.45) is 5.92 Å². The van der Waals surface area contributed by atoms with Crippen LogP contribution in [0.2, 0.25) is 0 Å². The number of aromatic nitrogens is 1. The van der Waals surface area contributed by atoms with Crippen molar-refractivity contribution in [2.75, 3.05) is 13.1 Å². The highest BCUT2D eigenvalue weighted by Crippen LogP contribution is 2.27. The summed E-state index contributed by atoms with van der Waals surface area (Å²) in [5.74, 6) is 0.499. The number of amides is 2. The molecule has 5 heteroatoms. The van der Waals surface area contributed by atoms with Gasteiger partial charge in [0.15, 0.2) is 0 Å². The second-order valence-corrected chi connectivity index (χ2v) is 6.23. The van der Waals surface area contributed by atoms with Gasteiger partial charge >= 0.3 is 0 Å². The first-order valence-electron chi connectivity index (χ1n) is 8.35. The van der Waals surface area contributed by atoms with Gasteiger partial charge in [-0.05, 0) is 30.9 Å². The van der Waals surface area contributed by atoms with E-state index in [0.29, 0.717) is 31.1 Å². The van der Waals surface area contributed by atoms with Gasteiger partial charge in [-0.1, -0.05) is 31.0 Å². The highest BCUT2D eigenvalue weighted by atomic mass is 16.2. The number of nitrogens with one attached hydrogen (secondary N) is 3. The van der Waals surface area contributed by atoms with E-state index in [4.69, 9.17) is 0 Å². The Morgan fingerprint density at radius 1 is 1.09 bits per heavy atom. The molecule has 1 heterocycles. The summed E-state index contributed by atoms with van der Waals surface area (Å²) in [6.07, 6.45) is 5.46. The molecule has 0 spiro atoms. The molecule has 0 radical (unpaired) electrons. The van der Waals surface area contributed by atoms with E-state index in [1.54, 1.807) is 0 Å². The fourth-order valence-corrected chi connectivity index (χ4v) is 3.22. The molecule has 1 aliphatic carbocycles. The lowest BCUT2D eigenvalue weighted by Crippen LogP contribution is -2.35. The van der Waals surface area contributed by atoms with E-state index >= 15 is 0 Å². The standard InChI is InChI=1S/C18H23N3O2/c22-17(11-13-5-1-2-6-13)19-9-10-20-18(23)16-12-14-7-3-4-8-15(14)21-16/h3-4,7-8,12-13,21H,1-2,5-6,9-11H2,(H,19,22)(H,20,23). The van der Waals surface area contributed by atoms with Crippen molar-refractivity contribution in [1.29, 1.82) is 0 Å². The van der Waals surface area contributed by atoms with Crippen LogP contribution in [0.1, 0.15) is 42.6 Å². The zero-order chi connectivity index (χ0) is 16.1. The van der Waals surface area contributed by atoms with Crippen LogP contribution in [-0.2, 0) is 4.79 Å². The molecule has 3 N–H and O–H groups in total. The third-order valence-corrected chi connectivity index (χ3v) is 4.46. The Balaban J connectivity index is 1.39. The van der Waals surface area contributed by atoms with Crippen molar-refractivity contribution in [1.82, 2.24) is 15.6 Å². The molecule has 2 aromatic rings. The Kier molecular flexibility index (Phi) is 4.95. The van der Waals surface area contributed by atoms with Gasteiger partial charge in [0.05, 0.1) is 0 Å². The number of carbonyl (C=O) groups excluding carboxylic acids is 2. The number of aromatic amines is 1. The summed E-state index contributed by atoms with van der Waals surface area (Å²) in [6.45, 7) is 0.905. The third-order valence-electron chi connectivity index (χ3n) is 4.46. The van der Waals surface area contributed by atoms with Crippen LogP contribution in [0.25, 0.3) is 10.9 Å². The summed E-state index contributed by atoms with van der Waals surface area (Å²) in [5.41, 5.74) is 1.49. The van der Waals surface area contributed by atoms with Gasteiger partial charge in [-0.15, -0.1) is 0 Å². The maximum atomic E-state index is 12.1. The number of rotatable bonds is 6. The van der Waals surface area contributed by atoms with Gasteiger partial charge in [0.1, 0.15) is 5.69 Å². The monoisotopic (exact) mass is 313 g/mol. The van der Waals surface area contributed by atoms with Crippen molar-refractivity contribution in [2.45, 2.75) is 32.1 Å². The summed E-state index contributed by atoms with van der Waals surface area (Å²) < 4.78 is 0. The van der Waals surface area contributed by atoms with E-state index in [2.05, 4.69) is 15.6 Å². The first kappa shape index (κ1) is 15.6. The molecule has 0 bridgehead atoms. The van der Waals surface area contributed by atoms with Crippen molar-refractivity contribution in [3.8, 4) is 0 Å². The Bertz CT molecular complexity index is 653. The zero-order valence-electron chi connectivity index (χ0n) is 13.2. The number of hydrogen-bond acceptors (Lipinski definition) is 2. The summed E-state index contributed by atoms with van der Waals surface area (Å²) >= 11 is 0. The normalized spacial score (nSPS) is 15.0. The van der Waals surface area contributed by atoms with Crippen LogP contribution >= 0.6 is 0 Å². The van der Waals surface area contributed by atoms with Crippen LogP contribution < -0.4 is 10.6 Å². The van der Waals surface area contributed by atoms with Crippen molar-refractivity contribution in [3.05, 3.63) is 36.0 Å². The van der Waals surface area contributed by atoms with Crippen LogP contribution in [0.5, 0.6) is 0 Å². The fraction of sp³-hybridized carbons (Fsp3) is 0.444. The molecule has 0 unspecified atom stereocenters. The Hall–Kier alpha value is -2.30. The topological polar surface area (TPSA) is 74.0 Å². The summed E-state index contributed by atoms with van der Waals surface area (Å²) in [4.78, 5) is 27.0. The summed E-state index contributed by atoms with van der Waals surface area (Å²) in [6, 6.07) is 9.61. The van der Waals surface area contributed by atoms with Crippen LogP contribution in [0.3, 0.4) is 0 Å². The van der Waals surface area contributed by atoms with Crippen molar-refractivity contribution in [3.63, 3.8) is 0 Å². The van der Waals surface area contributed by atoms with E-state index in [9.17, 15) is 9.59 Å². The maximum Gasteiger partial charge on any atom is 0.267 e. The van der Waals surface area contributed by atoms with Gasteiger partial charge in [-0.3, -0.25) is 9.59 Å². The van der Waals surface area contributed by atoms with Gasteiger partial charge in [-0.2, -0.15) is 0 Å². The molecule has 1 aromatic carbocycles. The maximum absolute atomic E-state index is 12.1. The molecular weight excluding hydrogens is 290 g/mol. The minimum Gasteiger partial charge on any atom is -0.354 e. The van der Waals surface area contributed by atoms with E-state index in [1.807, 2.05) is 30.3 Å². The molecular formula is C18H23N3O2. The Labute approximate surface area is 135 Å². The van der Waals surface area contributed by atoms with Crippen LogP contribution in [0.4, 0.5) is 0 Å². The lowest BCUT2D eigenvalue weighted by molar-refractivity contribution is -0.121. The molecule has 23 heavy (non-hydrogen) atoms. The molecule has 2 amide bonds. The largest absolute Gasteiger partial charge is 0.354 e. The molecule has 0 atom stereocenters. The Morgan fingerprint density at radius 2 is 1.83 bits per heavy atom.